The van der Waals surface area contributed by atoms with Crippen LogP contribution in [-0.4, -0.2) is 62.6 Å². The molecule has 1 aliphatic heterocycles. The van der Waals surface area contributed by atoms with Crippen molar-refractivity contribution >= 4 is 60.8 Å². The van der Waals surface area contributed by atoms with Crippen molar-refractivity contribution in [3.63, 3.8) is 0 Å². The number of ether oxygens (including phenoxy) is 4. The summed E-state index contributed by atoms with van der Waals surface area (Å²) in [6.45, 7) is -0.381. The molecule has 1 N–H and O–H groups in total. The van der Waals surface area contributed by atoms with E-state index in [4.69, 9.17) is 18.9 Å². The highest BCUT2D eigenvalue weighted by molar-refractivity contribution is 9.10. The van der Waals surface area contributed by atoms with Crippen LogP contribution in [0, 0.1) is 0 Å². The van der Waals surface area contributed by atoms with E-state index in [1.807, 2.05) is 0 Å². The normalized spacial score (nSPS) is 19.2. The molecule has 0 bridgehead atoms. The van der Waals surface area contributed by atoms with Crippen LogP contribution in [0.4, 0.5) is 0 Å². The van der Waals surface area contributed by atoms with Crippen molar-refractivity contribution in [1.82, 2.24) is 19.7 Å². The number of halogens is 2. The minimum atomic E-state index is -1.33. The largest absolute Gasteiger partial charge is 0.459 e. The highest BCUT2D eigenvalue weighted by Gasteiger charge is 2.52. The second-order valence-corrected chi connectivity index (χ2v) is 11.3. The Morgan fingerprint density at radius 3 is 1.84 bits per heavy atom. The molecule has 228 valence electrons. The summed E-state index contributed by atoms with van der Waals surface area (Å²) in [6.07, 6.45) is -5.03. The lowest BCUT2D eigenvalue weighted by Gasteiger charge is -2.24. The second kappa shape index (κ2) is 13.1. The van der Waals surface area contributed by atoms with Gasteiger partial charge >= 0.3 is 17.9 Å². The topological polar surface area (TPSA) is 152 Å². The Morgan fingerprint density at radius 1 is 0.778 bits per heavy atom. The van der Waals surface area contributed by atoms with Crippen molar-refractivity contribution < 1.29 is 33.3 Å². The summed E-state index contributed by atoms with van der Waals surface area (Å²) in [5.41, 5.74) is 0.345. The van der Waals surface area contributed by atoms with Crippen LogP contribution in [0.2, 0.25) is 0 Å². The lowest BCUT2D eigenvalue weighted by atomic mass is 10.1. The molecule has 12 nitrogen and oxygen atoms in total. The number of esters is 3. The zero-order valence-corrected chi connectivity index (χ0v) is 26.2. The quantitative estimate of drug-likeness (QED) is 0.133. The van der Waals surface area contributed by atoms with Crippen molar-refractivity contribution in [2.45, 2.75) is 24.5 Å². The fourth-order valence-electron chi connectivity index (χ4n) is 4.81. The lowest BCUT2D eigenvalue weighted by Crippen LogP contribution is -2.41. The van der Waals surface area contributed by atoms with Crippen LogP contribution < -0.4 is 5.56 Å². The molecule has 6 rings (SSSR count). The van der Waals surface area contributed by atoms with Crippen LogP contribution in [0.1, 0.15) is 37.3 Å². The van der Waals surface area contributed by atoms with E-state index in [0.29, 0.717) is 5.56 Å². The summed E-state index contributed by atoms with van der Waals surface area (Å²) >= 11 is 6.49. The Morgan fingerprint density at radius 2 is 1.29 bits per heavy atom. The van der Waals surface area contributed by atoms with Gasteiger partial charge in [-0.15, -0.1) is 0 Å². The minimum Gasteiger partial charge on any atom is -0.459 e. The number of nitrogens with one attached hydrogen (secondary N) is 1. The van der Waals surface area contributed by atoms with Crippen LogP contribution >= 0.6 is 31.9 Å². The third kappa shape index (κ3) is 6.43. The first-order valence-corrected chi connectivity index (χ1v) is 15.1. The number of fused-ring (bicyclic) bond motifs is 1. The van der Waals surface area contributed by atoms with Gasteiger partial charge in [-0.1, -0.05) is 54.6 Å². The van der Waals surface area contributed by atoms with Gasteiger partial charge in [-0.25, -0.2) is 24.0 Å². The van der Waals surface area contributed by atoms with Gasteiger partial charge in [0.2, 0.25) is 0 Å². The van der Waals surface area contributed by atoms with Gasteiger partial charge < -0.3 is 23.9 Å². The molecule has 0 amide bonds. The van der Waals surface area contributed by atoms with Crippen LogP contribution in [-0.2, 0) is 18.9 Å². The van der Waals surface area contributed by atoms with Gasteiger partial charge in [0.1, 0.15) is 22.7 Å². The lowest BCUT2D eigenvalue weighted by molar-refractivity contribution is -0.0655. The van der Waals surface area contributed by atoms with E-state index in [0.717, 1.165) is 0 Å². The molecule has 3 heterocycles. The van der Waals surface area contributed by atoms with Gasteiger partial charge in [0.05, 0.1) is 16.7 Å². The monoisotopic (exact) mass is 736 g/mol. The molecule has 0 spiro atoms. The number of hydrogen-bond acceptors (Lipinski definition) is 10. The Labute approximate surface area is 271 Å². The number of rotatable bonds is 8. The van der Waals surface area contributed by atoms with Gasteiger partial charge in [-0.2, -0.15) is 5.10 Å². The number of carbonyl (C=O) groups excluding carboxylic acids is 3. The minimum absolute atomic E-state index is 0.0818. The molecule has 3 aromatic carbocycles. The number of nitrogens with zero attached hydrogens (tertiary/aromatic N) is 3. The summed E-state index contributed by atoms with van der Waals surface area (Å²) in [7, 11) is 0. The molecule has 0 saturated carbocycles. The number of H-pyrrole nitrogens is 1. The van der Waals surface area contributed by atoms with Crippen LogP contribution in [0.5, 0.6) is 0 Å². The molecule has 1 fully saturated rings. The van der Waals surface area contributed by atoms with Crippen molar-refractivity contribution in [2.24, 2.45) is 0 Å². The van der Waals surface area contributed by atoms with E-state index in [1.54, 1.807) is 91.0 Å². The van der Waals surface area contributed by atoms with Crippen molar-refractivity contribution in [3.05, 3.63) is 127 Å². The smallest absolute Gasteiger partial charge is 0.338 e. The summed E-state index contributed by atoms with van der Waals surface area (Å²) in [4.78, 5) is 59.3. The number of hydrogen-bond donors (Lipinski definition) is 1. The molecular formula is C31H22Br2N4O8. The number of benzene rings is 3. The summed E-state index contributed by atoms with van der Waals surface area (Å²) < 4.78 is 25.3. The van der Waals surface area contributed by atoms with Crippen molar-refractivity contribution in [3.8, 4) is 0 Å². The number of aromatic nitrogens is 4. The SMILES string of the molecule is O=C(OC[C@H]1OC(n2nc(Br)c3c(=O)[nH]c(Br)nc32)[C@H](OC(=O)c2ccccc2)[C@@H]1OC(=O)c1ccccc1)c1ccccc1. The Bertz CT molecular complexity index is 1920. The first-order valence-electron chi connectivity index (χ1n) is 13.5. The van der Waals surface area contributed by atoms with E-state index >= 15 is 0 Å². The van der Waals surface area contributed by atoms with E-state index in [2.05, 4.69) is 46.9 Å². The third-order valence-electron chi connectivity index (χ3n) is 6.91. The predicted octanol–water partition coefficient (Wildman–Crippen LogP) is 4.85. The number of carbonyl (C=O) groups is 3. The fraction of sp³-hybridized carbons (Fsp3) is 0.161. The van der Waals surface area contributed by atoms with Crippen LogP contribution in [0.3, 0.4) is 0 Å². The number of aromatic amines is 1. The maximum absolute atomic E-state index is 13.4. The predicted molar refractivity (Wildman–Crippen MR) is 165 cm³/mol. The third-order valence-corrected chi connectivity index (χ3v) is 7.84. The Balaban J connectivity index is 1.41. The van der Waals surface area contributed by atoms with Gasteiger partial charge in [-0.05, 0) is 68.3 Å². The van der Waals surface area contributed by atoms with Gasteiger partial charge in [0.25, 0.3) is 5.56 Å². The zero-order chi connectivity index (χ0) is 31.5. The Hall–Kier alpha value is -4.66. The molecule has 1 saturated heterocycles. The first kappa shape index (κ1) is 30.4. The van der Waals surface area contributed by atoms with Crippen LogP contribution in [0.25, 0.3) is 11.0 Å². The average Bonchev–Trinajstić information content (AvgIpc) is 3.56. The molecule has 14 heteroatoms. The molecular weight excluding hydrogens is 716 g/mol. The van der Waals surface area contributed by atoms with Crippen molar-refractivity contribution in [1.29, 1.82) is 0 Å². The van der Waals surface area contributed by atoms with E-state index in [9.17, 15) is 19.2 Å². The van der Waals surface area contributed by atoms with E-state index < -0.39 is 48.0 Å². The maximum Gasteiger partial charge on any atom is 0.338 e. The first-order chi connectivity index (χ1) is 21.8. The standard InChI is InChI=1S/C31H22Br2N4O8/c32-24-21-25(34-31(33)35-26(21)38)37(36-24)27-23(45-30(41)19-14-8-3-9-15-19)22(44-29(40)18-12-6-2-7-13-18)20(43-27)16-42-28(39)17-10-4-1-5-11-17/h1-15,20,22-23,27H,16H2,(H,34,35,38)/t20-,22-,23-,27?/m1/s1. The van der Waals surface area contributed by atoms with Gasteiger partial charge in [0.15, 0.2) is 28.8 Å². The zero-order valence-electron chi connectivity index (χ0n) is 23.0. The molecule has 45 heavy (non-hydrogen) atoms. The van der Waals surface area contributed by atoms with E-state index in [1.165, 1.54) is 4.68 Å². The molecule has 5 aromatic rings. The van der Waals surface area contributed by atoms with Crippen molar-refractivity contribution in [2.75, 3.05) is 6.61 Å². The fourth-order valence-corrected chi connectivity index (χ4v) is 5.69. The highest BCUT2D eigenvalue weighted by Crippen LogP contribution is 2.37. The molecule has 1 aliphatic rings. The summed E-state index contributed by atoms with van der Waals surface area (Å²) in [5, 5.41) is 4.52. The summed E-state index contributed by atoms with van der Waals surface area (Å²) in [5.74, 6) is -2.11. The van der Waals surface area contributed by atoms with Crippen LogP contribution in [0.15, 0.2) is 105 Å². The Kier molecular flexibility index (Phi) is 8.87. The molecule has 2 aromatic heterocycles. The average molecular weight is 738 g/mol. The van der Waals surface area contributed by atoms with Gasteiger partial charge in [-0.3, -0.25) is 4.79 Å². The van der Waals surface area contributed by atoms with Gasteiger partial charge in [0, 0.05) is 0 Å². The molecule has 0 radical (unpaired) electrons. The second-order valence-electron chi connectivity index (χ2n) is 9.79. The van der Waals surface area contributed by atoms with E-state index in [-0.39, 0.29) is 38.1 Å². The molecule has 1 unspecified atom stereocenters. The summed E-state index contributed by atoms with van der Waals surface area (Å²) in [6, 6.07) is 24.8. The molecule has 4 atom stereocenters. The molecule has 0 aliphatic carbocycles. The highest BCUT2D eigenvalue weighted by atomic mass is 79.9. The maximum atomic E-state index is 13.4.